The summed E-state index contributed by atoms with van der Waals surface area (Å²) >= 11 is 1.39. The number of benzene rings is 1. The minimum absolute atomic E-state index is 0.173. The molecule has 1 unspecified atom stereocenters. The van der Waals surface area contributed by atoms with E-state index < -0.39 is 0 Å². The van der Waals surface area contributed by atoms with Gasteiger partial charge < -0.3 is 10.6 Å². The molecule has 5 rings (SSSR count). The lowest BCUT2D eigenvalue weighted by atomic mass is 10.2. The Morgan fingerprint density at radius 1 is 1.27 bits per heavy atom. The number of nitriles is 1. The van der Waals surface area contributed by atoms with Crippen LogP contribution < -0.4 is 16.7 Å². The van der Waals surface area contributed by atoms with Crippen molar-refractivity contribution in [2.24, 2.45) is 0 Å². The zero-order chi connectivity index (χ0) is 23.1. The van der Waals surface area contributed by atoms with E-state index in [2.05, 4.69) is 26.5 Å². The second kappa shape index (κ2) is 8.03. The maximum atomic E-state index is 13.5. The van der Waals surface area contributed by atoms with Gasteiger partial charge in [-0.25, -0.2) is 19.7 Å². The third-order valence-corrected chi connectivity index (χ3v) is 6.41. The number of nitrogens with two attached hydrogens (primary N) is 1. The fourth-order valence-corrected chi connectivity index (χ4v) is 4.68. The highest BCUT2D eigenvalue weighted by atomic mass is 32.1. The van der Waals surface area contributed by atoms with Crippen molar-refractivity contribution in [1.29, 1.82) is 5.26 Å². The van der Waals surface area contributed by atoms with Crippen LogP contribution in [-0.2, 0) is 0 Å². The van der Waals surface area contributed by atoms with Crippen LogP contribution in [0, 0.1) is 18.4 Å². The minimum Gasteiger partial charge on any atom is -0.382 e. The molecule has 1 saturated heterocycles. The van der Waals surface area contributed by atoms with Gasteiger partial charge in [-0.15, -0.1) is 11.3 Å². The van der Waals surface area contributed by atoms with Crippen LogP contribution in [-0.4, -0.2) is 48.0 Å². The normalized spacial score (nSPS) is 15.6. The number of likely N-dealkylation sites (tertiary alicyclic amines) is 1. The van der Waals surface area contributed by atoms with Gasteiger partial charge in [-0.05, 0) is 37.6 Å². The molecule has 166 valence electrons. The minimum atomic E-state index is -0.322. The number of anilines is 2. The largest absolute Gasteiger partial charge is 0.382 e. The molecular formula is C21H19N9O2S. The summed E-state index contributed by atoms with van der Waals surface area (Å²) in [5.41, 5.74) is 7.58. The molecule has 1 aromatic carbocycles. The molecule has 1 aliphatic rings. The fourth-order valence-electron chi connectivity index (χ4n) is 4.02. The lowest BCUT2D eigenvalue weighted by Crippen LogP contribution is -2.28. The van der Waals surface area contributed by atoms with E-state index in [-0.39, 0.29) is 23.5 Å². The van der Waals surface area contributed by atoms with Gasteiger partial charge in [-0.3, -0.25) is 19.2 Å². The Morgan fingerprint density at radius 2 is 2.06 bits per heavy atom. The Balaban J connectivity index is 1.53. The molecule has 12 heteroatoms. The standard InChI is InChI=1S/C21H19N9O2S/c1-12-8-24-20(33-12)27-19(31)13-2-4-14(5-3-13)29-16-17(23)25-11-26-18(16)30(21(29)32)15-6-7-28(9-15)10-22/h2-5,8,11,15H,6-7,9H2,1H3,(H2,23,25,26)(H,24,27,31). The van der Waals surface area contributed by atoms with Gasteiger partial charge in [-0.1, -0.05) is 0 Å². The van der Waals surface area contributed by atoms with E-state index in [0.29, 0.717) is 47.1 Å². The SMILES string of the molecule is Cc1cnc(NC(=O)c2ccc(-n3c(=O)n(C4CCN(C#N)C4)c4ncnc(N)c43)cc2)s1. The summed E-state index contributed by atoms with van der Waals surface area (Å²) < 4.78 is 3.03. The molecule has 0 aliphatic carbocycles. The number of aromatic nitrogens is 5. The van der Waals surface area contributed by atoms with Crippen LogP contribution in [0.2, 0.25) is 0 Å². The molecule has 1 atom stereocenters. The first-order valence-corrected chi connectivity index (χ1v) is 11.0. The molecule has 0 bridgehead atoms. The number of hydrogen-bond donors (Lipinski definition) is 2. The van der Waals surface area contributed by atoms with Crippen molar-refractivity contribution in [1.82, 2.24) is 29.0 Å². The van der Waals surface area contributed by atoms with Crippen molar-refractivity contribution in [2.75, 3.05) is 24.1 Å². The Hall–Kier alpha value is -4.24. The first-order chi connectivity index (χ1) is 16.0. The smallest absolute Gasteiger partial charge is 0.335 e. The molecule has 33 heavy (non-hydrogen) atoms. The Morgan fingerprint density at radius 3 is 2.73 bits per heavy atom. The molecule has 1 amide bonds. The second-order valence-corrected chi connectivity index (χ2v) is 8.92. The van der Waals surface area contributed by atoms with Crippen LogP contribution >= 0.6 is 11.3 Å². The highest BCUT2D eigenvalue weighted by Gasteiger charge is 2.29. The zero-order valence-corrected chi connectivity index (χ0v) is 18.4. The van der Waals surface area contributed by atoms with Crippen molar-refractivity contribution in [3.8, 4) is 11.9 Å². The van der Waals surface area contributed by atoms with E-state index >= 15 is 0 Å². The predicted octanol–water partition coefficient (Wildman–Crippen LogP) is 1.91. The topological polar surface area (TPSA) is 148 Å². The van der Waals surface area contributed by atoms with Gasteiger partial charge in [0.05, 0.1) is 11.7 Å². The Labute approximate surface area is 191 Å². The van der Waals surface area contributed by atoms with Crippen LogP contribution in [0.1, 0.15) is 27.7 Å². The zero-order valence-electron chi connectivity index (χ0n) is 17.6. The highest BCUT2D eigenvalue weighted by molar-refractivity contribution is 7.15. The maximum absolute atomic E-state index is 13.5. The molecule has 11 nitrogen and oxygen atoms in total. The second-order valence-electron chi connectivity index (χ2n) is 7.68. The van der Waals surface area contributed by atoms with Crippen molar-refractivity contribution in [3.05, 3.63) is 57.7 Å². The molecule has 0 radical (unpaired) electrons. The number of aryl methyl sites for hydroxylation is 1. The number of nitrogens with one attached hydrogen (secondary N) is 1. The van der Waals surface area contributed by atoms with Gasteiger partial charge in [0.2, 0.25) is 0 Å². The summed E-state index contributed by atoms with van der Waals surface area (Å²) in [7, 11) is 0. The van der Waals surface area contributed by atoms with E-state index in [1.54, 1.807) is 39.9 Å². The number of nitrogen functional groups attached to an aromatic ring is 1. The van der Waals surface area contributed by atoms with Crippen LogP contribution in [0.3, 0.4) is 0 Å². The van der Waals surface area contributed by atoms with Gasteiger partial charge in [0, 0.05) is 29.7 Å². The summed E-state index contributed by atoms with van der Waals surface area (Å²) in [5.74, 6) is -0.122. The molecule has 3 N–H and O–H groups in total. The van der Waals surface area contributed by atoms with Gasteiger partial charge in [0.25, 0.3) is 5.91 Å². The first-order valence-electron chi connectivity index (χ1n) is 10.2. The van der Waals surface area contributed by atoms with Gasteiger partial charge >= 0.3 is 5.69 Å². The van der Waals surface area contributed by atoms with E-state index in [1.807, 2.05) is 6.92 Å². The van der Waals surface area contributed by atoms with Crippen LogP contribution in [0.25, 0.3) is 16.9 Å². The Kier molecular flexibility index (Phi) is 5.02. The van der Waals surface area contributed by atoms with Gasteiger partial charge in [0.1, 0.15) is 11.8 Å². The molecule has 4 aromatic rings. The van der Waals surface area contributed by atoms with E-state index in [9.17, 15) is 14.9 Å². The number of carbonyl (C=O) groups is 1. The number of carbonyl (C=O) groups excluding carboxylic acids is 1. The van der Waals surface area contributed by atoms with E-state index in [4.69, 9.17) is 5.73 Å². The molecule has 0 spiro atoms. The average molecular weight is 462 g/mol. The number of thiazole rings is 1. The third kappa shape index (κ3) is 3.58. The van der Waals surface area contributed by atoms with Crippen molar-refractivity contribution in [2.45, 2.75) is 19.4 Å². The van der Waals surface area contributed by atoms with Gasteiger partial charge in [-0.2, -0.15) is 5.26 Å². The lowest BCUT2D eigenvalue weighted by molar-refractivity contribution is 0.102. The quantitative estimate of drug-likeness (QED) is 0.438. The molecule has 1 fully saturated rings. The van der Waals surface area contributed by atoms with E-state index in [0.717, 1.165) is 4.88 Å². The van der Waals surface area contributed by atoms with Crippen molar-refractivity contribution < 1.29 is 4.79 Å². The van der Waals surface area contributed by atoms with E-state index in [1.165, 1.54) is 22.2 Å². The average Bonchev–Trinajstić information content (AvgIpc) is 3.51. The van der Waals surface area contributed by atoms with Crippen molar-refractivity contribution in [3.63, 3.8) is 0 Å². The number of rotatable bonds is 4. The molecular weight excluding hydrogens is 442 g/mol. The summed E-state index contributed by atoms with van der Waals surface area (Å²) in [6, 6.07) is 6.41. The predicted molar refractivity (Wildman–Crippen MR) is 123 cm³/mol. The van der Waals surface area contributed by atoms with Crippen LogP contribution in [0.15, 0.2) is 41.6 Å². The summed E-state index contributed by atoms with van der Waals surface area (Å²) in [6.07, 6.45) is 5.79. The Bertz CT molecular complexity index is 1460. The third-order valence-electron chi connectivity index (χ3n) is 5.58. The number of imidazole rings is 1. The molecule has 1 aliphatic heterocycles. The summed E-state index contributed by atoms with van der Waals surface area (Å²) in [5, 5.41) is 12.5. The molecule has 3 aromatic heterocycles. The number of hydrogen-bond acceptors (Lipinski definition) is 9. The highest BCUT2D eigenvalue weighted by Crippen LogP contribution is 2.27. The van der Waals surface area contributed by atoms with Gasteiger partial charge in [0.15, 0.2) is 22.8 Å². The lowest BCUT2D eigenvalue weighted by Gasteiger charge is -2.11. The summed E-state index contributed by atoms with van der Waals surface area (Å²) in [4.78, 5) is 41.2. The van der Waals surface area contributed by atoms with Crippen LogP contribution in [0.5, 0.6) is 0 Å². The maximum Gasteiger partial charge on any atom is 0.335 e. The van der Waals surface area contributed by atoms with Crippen LogP contribution in [0.4, 0.5) is 10.9 Å². The fraction of sp³-hybridized carbons (Fsp3) is 0.238. The van der Waals surface area contributed by atoms with Crippen molar-refractivity contribution >= 4 is 39.4 Å². The number of fused-ring (bicyclic) bond motifs is 1. The first kappa shape index (κ1) is 20.7. The monoisotopic (exact) mass is 461 g/mol. The number of amides is 1. The molecule has 4 heterocycles. The molecule has 0 saturated carbocycles. The summed E-state index contributed by atoms with van der Waals surface area (Å²) in [6.45, 7) is 2.91. The number of nitrogens with zero attached hydrogens (tertiary/aromatic N) is 7.